The van der Waals surface area contributed by atoms with Crippen LogP contribution in [-0.2, 0) is 9.53 Å². The fraction of sp³-hybridized carbons (Fsp3) is 0.857. The topological polar surface area (TPSA) is 107 Å². The van der Waals surface area contributed by atoms with Gasteiger partial charge in [-0.15, -0.1) is 0 Å². The van der Waals surface area contributed by atoms with Crippen LogP contribution in [0, 0.1) is 0 Å². The lowest BCUT2D eigenvalue weighted by Gasteiger charge is -2.20. The van der Waals surface area contributed by atoms with Crippen LogP contribution < -0.4 is 0 Å². The summed E-state index contributed by atoms with van der Waals surface area (Å²) in [6.07, 6.45) is -4.77. The molecule has 4 N–H and O–H groups in total. The summed E-state index contributed by atoms with van der Waals surface area (Å²) in [5, 5.41) is 35.5. The highest BCUT2D eigenvalue weighted by Gasteiger charge is 2.29. The van der Waals surface area contributed by atoms with Crippen molar-refractivity contribution in [3.05, 3.63) is 0 Å². The molecular weight excluding hydrogens is 180 g/mol. The molecule has 0 heterocycles. The van der Waals surface area contributed by atoms with Crippen LogP contribution in [0.2, 0.25) is 0 Å². The van der Waals surface area contributed by atoms with Crippen LogP contribution in [0.1, 0.15) is 0 Å². The van der Waals surface area contributed by atoms with Crippen molar-refractivity contribution in [2.24, 2.45) is 0 Å². The van der Waals surface area contributed by atoms with Gasteiger partial charge in [0.15, 0.2) is 5.78 Å². The first-order chi connectivity index (χ1) is 6.04. The van der Waals surface area contributed by atoms with Gasteiger partial charge in [-0.25, -0.2) is 0 Å². The second-order valence-electron chi connectivity index (χ2n) is 2.58. The molecular formula is C7H14O6. The Hall–Kier alpha value is -0.530. The van der Waals surface area contributed by atoms with Gasteiger partial charge in [0.1, 0.15) is 24.9 Å². The minimum absolute atomic E-state index is 0.197. The Bertz CT molecular complexity index is 159. The summed E-state index contributed by atoms with van der Waals surface area (Å²) in [6, 6.07) is 0. The lowest BCUT2D eigenvalue weighted by molar-refractivity contribution is -0.143. The first-order valence-corrected chi connectivity index (χ1v) is 3.71. The van der Waals surface area contributed by atoms with E-state index >= 15 is 0 Å². The molecule has 0 saturated heterocycles. The fourth-order valence-corrected chi connectivity index (χ4v) is 0.764. The van der Waals surface area contributed by atoms with Crippen molar-refractivity contribution in [1.29, 1.82) is 0 Å². The quantitative estimate of drug-likeness (QED) is 0.366. The van der Waals surface area contributed by atoms with Gasteiger partial charge in [-0.1, -0.05) is 0 Å². The average molecular weight is 194 g/mol. The summed E-state index contributed by atoms with van der Waals surface area (Å²) in [7, 11) is 1.30. The fourth-order valence-electron chi connectivity index (χ4n) is 0.764. The van der Waals surface area contributed by atoms with Crippen molar-refractivity contribution in [1.82, 2.24) is 0 Å². The zero-order chi connectivity index (χ0) is 10.4. The molecule has 78 valence electrons. The van der Waals surface area contributed by atoms with E-state index < -0.39 is 30.7 Å². The predicted octanol–water partition coefficient (Wildman–Crippen LogP) is -2.72. The number of carbonyl (C=O) groups excluding carboxylic acids is 1. The summed E-state index contributed by atoms with van der Waals surface area (Å²) in [6.45, 7) is -1.07. The van der Waals surface area contributed by atoms with Crippen molar-refractivity contribution in [2.75, 3.05) is 20.3 Å². The molecule has 0 bridgehead atoms. The van der Waals surface area contributed by atoms with Crippen LogP contribution in [0.25, 0.3) is 0 Å². The molecule has 13 heavy (non-hydrogen) atoms. The van der Waals surface area contributed by atoms with Gasteiger partial charge in [0, 0.05) is 7.11 Å². The van der Waals surface area contributed by atoms with E-state index in [4.69, 9.17) is 20.4 Å². The minimum Gasteiger partial charge on any atom is -0.388 e. The Morgan fingerprint density at radius 2 is 1.92 bits per heavy atom. The number of methoxy groups -OCH3 is 1. The van der Waals surface area contributed by atoms with E-state index in [0.29, 0.717) is 0 Å². The van der Waals surface area contributed by atoms with Crippen molar-refractivity contribution in [3.63, 3.8) is 0 Å². The first kappa shape index (κ1) is 12.5. The van der Waals surface area contributed by atoms with Crippen LogP contribution in [0.4, 0.5) is 0 Å². The van der Waals surface area contributed by atoms with Crippen molar-refractivity contribution >= 4 is 5.78 Å². The smallest absolute Gasteiger partial charge is 0.189 e. The molecule has 0 spiro atoms. The second kappa shape index (κ2) is 6.01. The van der Waals surface area contributed by atoms with Crippen molar-refractivity contribution in [2.45, 2.75) is 18.3 Å². The van der Waals surface area contributed by atoms with Gasteiger partial charge in [0.2, 0.25) is 0 Å². The second-order valence-corrected chi connectivity index (χ2v) is 2.58. The Balaban J connectivity index is 4.07. The SMILES string of the molecule is COC[C@H](O)[C@H](O)[C@@H](O)C(=O)CO. The monoisotopic (exact) mass is 194 g/mol. The Morgan fingerprint density at radius 1 is 1.38 bits per heavy atom. The number of aliphatic hydroxyl groups is 4. The maximum absolute atomic E-state index is 10.7. The number of carbonyl (C=O) groups is 1. The number of ketones is 1. The summed E-state index contributed by atoms with van der Waals surface area (Å²) in [5.74, 6) is -0.942. The highest BCUT2D eigenvalue weighted by Crippen LogP contribution is 2.01. The number of Topliss-reactive ketones (excluding diaryl/α,β-unsaturated/α-hetero) is 1. The number of aliphatic hydroxyl groups excluding tert-OH is 4. The molecule has 0 radical (unpaired) electrons. The van der Waals surface area contributed by atoms with Gasteiger partial charge in [-0.2, -0.15) is 0 Å². The third-order valence-corrected chi connectivity index (χ3v) is 1.54. The molecule has 0 amide bonds. The Morgan fingerprint density at radius 3 is 2.31 bits per heavy atom. The van der Waals surface area contributed by atoms with Crippen LogP contribution in [0.15, 0.2) is 0 Å². The molecule has 3 atom stereocenters. The molecule has 0 aliphatic rings. The number of ether oxygens (including phenoxy) is 1. The highest BCUT2D eigenvalue weighted by molar-refractivity contribution is 5.84. The normalized spacial score (nSPS) is 17.9. The van der Waals surface area contributed by atoms with Crippen molar-refractivity contribution in [3.8, 4) is 0 Å². The largest absolute Gasteiger partial charge is 0.388 e. The molecule has 0 aliphatic heterocycles. The standard InChI is InChI=1S/C7H14O6/c1-13-3-5(10)7(12)6(11)4(9)2-8/h5-8,10-12H,2-3H2,1H3/t5-,6-,7-/m0/s1. The van der Waals surface area contributed by atoms with E-state index in [9.17, 15) is 4.79 Å². The summed E-state index contributed by atoms with van der Waals surface area (Å²) >= 11 is 0. The summed E-state index contributed by atoms with van der Waals surface area (Å²) in [5.41, 5.74) is 0. The molecule has 0 unspecified atom stereocenters. The van der Waals surface area contributed by atoms with E-state index in [0.717, 1.165) is 0 Å². The maximum atomic E-state index is 10.7. The molecule has 0 aliphatic carbocycles. The molecule has 0 aromatic heterocycles. The van der Waals surface area contributed by atoms with E-state index in [1.54, 1.807) is 0 Å². The zero-order valence-corrected chi connectivity index (χ0v) is 7.25. The van der Waals surface area contributed by atoms with Crippen molar-refractivity contribution < 1.29 is 30.0 Å². The maximum Gasteiger partial charge on any atom is 0.189 e. The third-order valence-electron chi connectivity index (χ3n) is 1.54. The molecule has 0 fully saturated rings. The molecule has 0 rings (SSSR count). The molecule has 0 aromatic carbocycles. The Labute approximate surface area is 75.4 Å². The van der Waals surface area contributed by atoms with Gasteiger partial charge in [-0.3, -0.25) is 4.79 Å². The van der Waals surface area contributed by atoms with E-state index in [1.165, 1.54) is 7.11 Å². The lowest BCUT2D eigenvalue weighted by Crippen LogP contribution is -2.45. The average Bonchev–Trinajstić information content (AvgIpc) is 2.14. The van der Waals surface area contributed by atoms with E-state index in [1.807, 2.05) is 0 Å². The summed E-state index contributed by atoms with van der Waals surface area (Å²) < 4.78 is 4.49. The van der Waals surface area contributed by atoms with E-state index in [-0.39, 0.29) is 6.61 Å². The first-order valence-electron chi connectivity index (χ1n) is 3.71. The molecule has 6 nitrogen and oxygen atoms in total. The lowest BCUT2D eigenvalue weighted by atomic mass is 10.1. The summed E-state index contributed by atoms with van der Waals surface area (Å²) in [4.78, 5) is 10.7. The van der Waals surface area contributed by atoms with Crippen LogP contribution >= 0.6 is 0 Å². The molecule has 6 heteroatoms. The third kappa shape index (κ3) is 3.79. The Kier molecular flexibility index (Phi) is 5.76. The highest BCUT2D eigenvalue weighted by atomic mass is 16.5. The number of rotatable bonds is 6. The van der Waals surface area contributed by atoms with Gasteiger partial charge >= 0.3 is 0 Å². The van der Waals surface area contributed by atoms with E-state index in [2.05, 4.69) is 4.74 Å². The van der Waals surface area contributed by atoms with Gasteiger partial charge in [-0.05, 0) is 0 Å². The minimum atomic E-state index is -1.78. The number of hydrogen-bond acceptors (Lipinski definition) is 6. The molecule has 0 aromatic rings. The van der Waals surface area contributed by atoms with Gasteiger partial charge in [0.05, 0.1) is 6.61 Å². The van der Waals surface area contributed by atoms with Gasteiger partial charge < -0.3 is 25.2 Å². The van der Waals surface area contributed by atoms with Gasteiger partial charge in [0.25, 0.3) is 0 Å². The zero-order valence-electron chi connectivity index (χ0n) is 7.25. The van der Waals surface area contributed by atoms with Crippen LogP contribution in [0.5, 0.6) is 0 Å². The molecule has 0 saturated carbocycles. The van der Waals surface area contributed by atoms with Crippen LogP contribution in [0.3, 0.4) is 0 Å². The predicted molar refractivity (Wildman–Crippen MR) is 42.0 cm³/mol. The van der Waals surface area contributed by atoms with Crippen LogP contribution in [-0.4, -0.2) is 64.8 Å². The number of hydrogen-bond donors (Lipinski definition) is 4.